The first kappa shape index (κ1) is 12.9. The number of hydrogen-bond donors (Lipinski definition) is 2. The van der Waals surface area contributed by atoms with Crippen LogP contribution in [0.15, 0.2) is 30.3 Å². The first-order valence-corrected chi connectivity index (χ1v) is 4.66. The van der Waals surface area contributed by atoms with Crippen molar-refractivity contribution in [3.05, 3.63) is 41.5 Å². The Morgan fingerprint density at radius 2 is 1.57 bits per heavy atom. The van der Waals surface area contributed by atoms with Crippen LogP contribution in [0.4, 0.5) is 0 Å². The molecule has 14 heavy (non-hydrogen) atoms. The van der Waals surface area contributed by atoms with Crippen molar-refractivity contribution in [3.63, 3.8) is 0 Å². The van der Waals surface area contributed by atoms with Gasteiger partial charge < -0.3 is 0 Å². The summed E-state index contributed by atoms with van der Waals surface area (Å²) in [6, 6.07) is 8.71. The van der Waals surface area contributed by atoms with Gasteiger partial charge in [-0.25, -0.2) is 0 Å². The van der Waals surface area contributed by atoms with Gasteiger partial charge in [-0.15, -0.1) is 0 Å². The van der Waals surface area contributed by atoms with E-state index in [0.29, 0.717) is 5.92 Å². The summed E-state index contributed by atoms with van der Waals surface area (Å²) < 4.78 is 0. The molecule has 0 radical (unpaired) electrons. The van der Waals surface area contributed by atoms with Gasteiger partial charge in [-0.3, -0.25) is 10.5 Å². The lowest BCUT2D eigenvalue weighted by Gasteiger charge is -2.04. The average Bonchev–Trinajstić information content (AvgIpc) is 2.22. The maximum absolute atomic E-state index is 6.00. The summed E-state index contributed by atoms with van der Waals surface area (Å²) in [5.74, 6) is 0.629. The quantitative estimate of drug-likeness (QED) is 0.554. The molecule has 0 aliphatic rings. The summed E-state index contributed by atoms with van der Waals surface area (Å²) in [7, 11) is 0. The van der Waals surface area contributed by atoms with Gasteiger partial charge in [-0.2, -0.15) is 0 Å². The molecule has 1 aromatic rings. The molecule has 1 rings (SSSR count). The Hall–Kier alpha value is -1.12. The molecule has 1 aromatic carbocycles. The van der Waals surface area contributed by atoms with Gasteiger partial charge in [0.1, 0.15) is 0 Å². The molecule has 0 saturated heterocycles. The molecule has 0 heterocycles. The second-order valence-electron chi connectivity index (χ2n) is 3.32. The SMILES string of the molecule is C/C=C/c1ccc(C(C)C)cc1.OO. The van der Waals surface area contributed by atoms with Crippen molar-refractivity contribution in [2.45, 2.75) is 26.7 Å². The molecule has 0 amide bonds. The zero-order valence-electron chi connectivity index (χ0n) is 8.94. The zero-order valence-corrected chi connectivity index (χ0v) is 8.94. The van der Waals surface area contributed by atoms with Crippen molar-refractivity contribution in [1.82, 2.24) is 0 Å². The molecular formula is C12H18O2. The number of allylic oxidation sites excluding steroid dienone is 1. The standard InChI is InChI=1S/C12H16.H2O2/c1-4-5-11-6-8-12(9-7-11)10(2)3;1-2/h4-10H,1-3H3;1-2H/b5-4+;. The average molecular weight is 194 g/mol. The topological polar surface area (TPSA) is 40.5 Å². The van der Waals surface area contributed by atoms with Gasteiger partial charge in [0.2, 0.25) is 0 Å². The van der Waals surface area contributed by atoms with Crippen LogP contribution in [-0.2, 0) is 0 Å². The molecule has 0 saturated carbocycles. The Balaban J connectivity index is 0.000000791. The normalized spacial score (nSPS) is 10.1. The lowest BCUT2D eigenvalue weighted by Crippen LogP contribution is -1.85. The Morgan fingerprint density at radius 3 is 1.93 bits per heavy atom. The molecule has 0 aromatic heterocycles. The van der Waals surface area contributed by atoms with Crippen LogP contribution in [0, 0.1) is 0 Å². The lowest BCUT2D eigenvalue weighted by molar-refractivity contribution is -0.176. The number of rotatable bonds is 2. The molecule has 78 valence electrons. The van der Waals surface area contributed by atoms with Crippen LogP contribution in [0.3, 0.4) is 0 Å². The predicted octanol–water partition coefficient (Wildman–Crippen LogP) is 3.86. The van der Waals surface area contributed by atoms with Gasteiger partial charge in [-0.05, 0) is 24.0 Å². The van der Waals surface area contributed by atoms with E-state index in [1.54, 1.807) is 0 Å². The first-order chi connectivity index (χ1) is 6.74. The maximum Gasteiger partial charge on any atom is -0.0219 e. The zero-order chi connectivity index (χ0) is 11.0. The van der Waals surface area contributed by atoms with E-state index in [1.165, 1.54) is 11.1 Å². The lowest BCUT2D eigenvalue weighted by atomic mass is 10.0. The fourth-order valence-corrected chi connectivity index (χ4v) is 1.18. The Kier molecular flexibility index (Phi) is 6.72. The Labute approximate surface area is 85.5 Å². The minimum absolute atomic E-state index is 0.629. The third-order valence-corrected chi connectivity index (χ3v) is 1.96. The highest BCUT2D eigenvalue weighted by Gasteiger charge is 1.96. The second-order valence-corrected chi connectivity index (χ2v) is 3.32. The molecule has 0 fully saturated rings. The van der Waals surface area contributed by atoms with E-state index in [9.17, 15) is 0 Å². The highest BCUT2D eigenvalue weighted by atomic mass is 17.0. The summed E-state index contributed by atoms with van der Waals surface area (Å²) in [4.78, 5) is 0. The molecule has 0 atom stereocenters. The van der Waals surface area contributed by atoms with Crippen LogP contribution >= 0.6 is 0 Å². The molecule has 0 spiro atoms. The van der Waals surface area contributed by atoms with Gasteiger partial charge in [0.25, 0.3) is 0 Å². The van der Waals surface area contributed by atoms with Crippen LogP contribution < -0.4 is 0 Å². The van der Waals surface area contributed by atoms with E-state index >= 15 is 0 Å². The first-order valence-electron chi connectivity index (χ1n) is 4.66. The summed E-state index contributed by atoms with van der Waals surface area (Å²) >= 11 is 0. The van der Waals surface area contributed by atoms with E-state index in [1.807, 2.05) is 6.92 Å². The van der Waals surface area contributed by atoms with Crippen molar-refractivity contribution >= 4 is 6.08 Å². The fraction of sp³-hybridized carbons (Fsp3) is 0.333. The van der Waals surface area contributed by atoms with Gasteiger partial charge in [0, 0.05) is 0 Å². The third-order valence-electron chi connectivity index (χ3n) is 1.96. The van der Waals surface area contributed by atoms with Crippen LogP contribution in [0.2, 0.25) is 0 Å². The Bertz CT molecular complexity index is 260. The van der Waals surface area contributed by atoms with E-state index in [-0.39, 0.29) is 0 Å². The predicted molar refractivity (Wildman–Crippen MR) is 60.5 cm³/mol. The second kappa shape index (κ2) is 7.30. The highest BCUT2D eigenvalue weighted by molar-refractivity contribution is 5.49. The molecular weight excluding hydrogens is 176 g/mol. The van der Waals surface area contributed by atoms with Crippen molar-refractivity contribution in [2.24, 2.45) is 0 Å². The van der Waals surface area contributed by atoms with Crippen LogP contribution in [0.1, 0.15) is 37.8 Å². The van der Waals surface area contributed by atoms with Gasteiger partial charge >= 0.3 is 0 Å². The minimum atomic E-state index is 0.629. The maximum atomic E-state index is 6.00. The Morgan fingerprint density at radius 1 is 1.07 bits per heavy atom. The van der Waals surface area contributed by atoms with Crippen molar-refractivity contribution in [1.29, 1.82) is 0 Å². The summed E-state index contributed by atoms with van der Waals surface area (Å²) in [5, 5.41) is 12.0. The summed E-state index contributed by atoms with van der Waals surface area (Å²) in [6.45, 7) is 6.46. The molecule has 2 heteroatoms. The van der Waals surface area contributed by atoms with Crippen molar-refractivity contribution in [3.8, 4) is 0 Å². The largest absolute Gasteiger partial charge is 0.255 e. The van der Waals surface area contributed by atoms with E-state index in [0.717, 1.165) is 0 Å². The molecule has 0 bridgehead atoms. The van der Waals surface area contributed by atoms with Crippen LogP contribution in [-0.4, -0.2) is 10.5 Å². The highest BCUT2D eigenvalue weighted by Crippen LogP contribution is 2.15. The summed E-state index contributed by atoms with van der Waals surface area (Å²) in [5.41, 5.74) is 2.69. The smallest absolute Gasteiger partial charge is 0.0219 e. The number of hydrogen-bond acceptors (Lipinski definition) is 2. The van der Waals surface area contributed by atoms with E-state index < -0.39 is 0 Å². The molecule has 0 aliphatic carbocycles. The monoisotopic (exact) mass is 194 g/mol. The van der Waals surface area contributed by atoms with E-state index in [4.69, 9.17) is 10.5 Å². The van der Waals surface area contributed by atoms with Gasteiger partial charge in [0.15, 0.2) is 0 Å². The van der Waals surface area contributed by atoms with Crippen molar-refractivity contribution in [2.75, 3.05) is 0 Å². The van der Waals surface area contributed by atoms with Gasteiger partial charge in [0.05, 0.1) is 0 Å². The number of benzene rings is 1. The fourth-order valence-electron chi connectivity index (χ4n) is 1.18. The van der Waals surface area contributed by atoms with E-state index in [2.05, 4.69) is 50.3 Å². The molecule has 0 aliphatic heterocycles. The van der Waals surface area contributed by atoms with Crippen molar-refractivity contribution < 1.29 is 10.5 Å². The van der Waals surface area contributed by atoms with Crippen LogP contribution in [0.5, 0.6) is 0 Å². The molecule has 2 N–H and O–H groups in total. The third kappa shape index (κ3) is 4.21. The van der Waals surface area contributed by atoms with Gasteiger partial charge in [-0.1, -0.05) is 50.3 Å². The van der Waals surface area contributed by atoms with Crippen LogP contribution in [0.25, 0.3) is 6.08 Å². The molecule has 0 unspecified atom stereocenters. The minimum Gasteiger partial charge on any atom is -0.255 e. The summed E-state index contributed by atoms with van der Waals surface area (Å²) in [6.07, 6.45) is 4.18. The molecule has 2 nitrogen and oxygen atoms in total.